The van der Waals surface area contributed by atoms with Crippen molar-refractivity contribution in [3.63, 3.8) is 0 Å². The van der Waals surface area contributed by atoms with Gasteiger partial charge in [-0.15, -0.1) is 0 Å². The van der Waals surface area contributed by atoms with Gasteiger partial charge in [0.1, 0.15) is 29.7 Å². The summed E-state index contributed by atoms with van der Waals surface area (Å²) < 4.78 is 35.6. The van der Waals surface area contributed by atoms with Crippen molar-refractivity contribution in [2.45, 2.75) is 12.6 Å². The zero-order chi connectivity index (χ0) is 10.8. The van der Waals surface area contributed by atoms with E-state index in [1.807, 2.05) is 0 Å². The minimum Gasteiger partial charge on any atom is -0.382 e. The van der Waals surface area contributed by atoms with Gasteiger partial charge in [-0.25, -0.2) is 9.97 Å². The Labute approximate surface area is 77.2 Å². The summed E-state index contributed by atoms with van der Waals surface area (Å²) in [6, 6.07) is 1.65. The maximum atomic E-state index is 11.9. The maximum absolute atomic E-state index is 11.9. The van der Waals surface area contributed by atoms with E-state index in [4.69, 9.17) is 11.0 Å². The molecule has 4 nitrogen and oxygen atoms in total. The summed E-state index contributed by atoms with van der Waals surface area (Å²) in [6.45, 7) is 0. The van der Waals surface area contributed by atoms with Crippen LogP contribution in [0, 0.1) is 11.3 Å². The van der Waals surface area contributed by atoms with Crippen molar-refractivity contribution in [1.82, 2.24) is 9.97 Å². The van der Waals surface area contributed by atoms with Crippen LogP contribution in [0.2, 0.25) is 0 Å². The standard InChI is InChI=1S/C7H5F3N4/c8-7(9,10)1-5-13-3-4(2-11)6(12)14-5/h3H,1H2,(H2,12,13,14). The zero-order valence-electron chi connectivity index (χ0n) is 6.84. The van der Waals surface area contributed by atoms with Crippen LogP contribution in [0.4, 0.5) is 19.0 Å². The molecular weight excluding hydrogens is 197 g/mol. The number of halogens is 3. The number of aromatic nitrogens is 2. The summed E-state index contributed by atoms with van der Waals surface area (Å²) in [4.78, 5) is 6.72. The number of nitrogens with two attached hydrogens (primary N) is 1. The molecule has 1 heterocycles. The van der Waals surface area contributed by atoms with E-state index < -0.39 is 18.4 Å². The first kappa shape index (κ1) is 10.2. The van der Waals surface area contributed by atoms with E-state index in [1.54, 1.807) is 6.07 Å². The van der Waals surface area contributed by atoms with E-state index in [0.29, 0.717) is 0 Å². The van der Waals surface area contributed by atoms with Crippen LogP contribution in [0.25, 0.3) is 0 Å². The molecule has 0 aromatic carbocycles. The second-order valence-electron chi connectivity index (χ2n) is 2.49. The van der Waals surface area contributed by atoms with Gasteiger partial charge in [-0.05, 0) is 0 Å². The summed E-state index contributed by atoms with van der Waals surface area (Å²) in [5.74, 6) is -0.671. The third kappa shape index (κ3) is 2.58. The van der Waals surface area contributed by atoms with E-state index in [1.165, 1.54) is 0 Å². The minimum absolute atomic E-state index is 0.0316. The minimum atomic E-state index is -4.37. The highest BCUT2D eigenvalue weighted by atomic mass is 19.4. The summed E-state index contributed by atoms with van der Waals surface area (Å²) in [7, 11) is 0. The highest BCUT2D eigenvalue weighted by Crippen LogP contribution is 2.19. The van der Waals surface area contributed by atoms with Gasteiger partial charge in [0.05, 0.1) is 6.20 Å². The first-order chi connectivity index (χ1) is 6.42. The van der Waals surface area contributed by atoms with Crippen molar-refractivity contribution in [2.24, 2.45) is 0 Å². The molecule has 1 aromatic heterocycles. The van der Waals surface area contributed by atoms with Crippen molar-refractivity contribution >= 4 is 5.82 Å². The normalized spacial score (nSPS) is 11.0. The van der Waals surface area contributed by atoms with Gasteiger partial charge >= 0.3 is 6.18 Å². The molecule has 0 saturated carbocycles. The average Bonchev–Trinajstić information content (AvgIpc) is 2.01. The Balaban J connectivity index is 2.94. The van der Waals surface area contributed by atoms with E-state index in [9.17, 15) is 13.2 Å². The fraction of sp³-hybridized carbons (Fsp3) is 0.286. The molecule has 0 spiro atoms. The van der Waals surface area contributed by atoms with Gasteiger partial charge in [0.25, 0.3) is 0 Å². The molecule has 0 aliphatic rings. The van der Waals surface area contributed by atoms with Gasteiger partial charge in [0.2, 0.25) is 0 Å². The highest BCUT2D eigenvalue weighted by molar-refractivity contribution is 5.46. The summed E-state index contributed by atoms with van der Waals surface area (Å²) in [5, 5.41) is 8.41. The van der Waals surface area contributed by atoms with Gasteiger partial charge in [-0.2, -0.15) is 18.4 Å². The SMILES string of the molecule is N#Cc1cnc(CC(F)(F)F)nc1N. The third-order valence-corrected chi connectivity index (χ3v) is 1.35. The maximum Gasteiger partial charge on any atom is 0.396 e. The Morgan fingerprint density at radius 3 is 2.57 bits per heavy atom. The molecule has 0 radical (unpaired) electrons. The Kier molecular flexibility index (Phi) is 2.56. The molecule has 0 saturated heterocycles. The Morgan fingerprint density at radius 1 is 1.50 bits per heavy atom. The highest BCUT2D eigenvalue weighted by Gasteiger charge is 2.29. The number of anilines is 1. The molecule has 74 valence electrons. The molecule has 0 atom stereocenters. The van der Waals surface area contributed by atoms with Gasteiger partial charge in [-0.1, -0.05) is 0 Å². The van der Waals surface area contributed by atoms with Crippen LogP contribution < -0.4 is 5.73 Å². The fourth-order valence-corrected chi connectivity index (χ4v) is 0.784. The predicted octanol–water partition coefficient (Wildman–Crippen LogP) is 1.04. The number of nitrogen functional groups attached to an aromatic ring is 1. The Bertz CT molecular complexity index is 380. The first-order valence-corrected chi connectivity index (χ1v) is 3.50. The van der Waals surface area contributed by atoms with Crippen molar-refractivity contribution in [2.75, 3.05) is 5.73 Å². The monoisotopic (exact) mass is 202 g/mol. The Morgan fingerprint density at radius 2 is 2.14 bits per heavy atom. The van der Waals surface area contributed by atoms with Gasteiger partial charge in [0, 0.05) is 0 Å². The number of nitriles is 1. The van der Waals surface area contributed by atoms with Crippen LogP contribution in [0.1, 0.15) is 11.4 Å². The lowest BCUT2D eigenvalue weighted by Crippen LogP contribution is -2.15. The third-order valence-electron chi connectivity index (χ3n) is 1.35. The second kappa shape index (κ2) is 3.49. The van der Waals surface area contributed by atoms with Gasteiger partial charge in [-0.3, -0.25) is 0 Å². The topological polar surface area (TPSA) is 75.6 Å². The lowest BCUT2D eigenvalue weighted by atomic mass is 10.3. The number of alkyl halides is 3. The fourth-order valence-electron chi connectivity index (χ4n) is 0.784. The number of hydrogen-bond acceptors (Lipinski definition) is 4. The first-order valence-electron chi connectivity index (χ1n) is 3.50. The molecule has 7 heteroatoms. The number of hydrogen-bond donors (Lipinski definition) is 1. The molecule has 0 unspecified atom stereocenters. The lowest BCUT2D eigenvalue weighted by molar-refractivity contribution is -0.128. The van der Waals surface area contributed by atoms with Crippen LogP contribution in [0.15, 0.2) is 6.20 Å². The van der Waals surface area contributed by atoms with E-state index in [2.05, 4.69) is 9.97 Å². The molecule has 0 fully saturated rings. The van der Waals surface area contributed by atoms with Crippen LogP contribution in [0.3, 0.4) is 0 Å². The molecule has 1 aromatic rings. The van der Waals surface area contributed by atoms with E-state index in [-0.39, 0.29) is 11.4 Å². The van der Waals surface area contributed by atoms with Crippen molar-refractivity contribution < 1.29 is 13.2 Å². The Hall–Kier alpha value is -1.84. The van der Waals surface area contributed by atoms with Crippen LogP contribution in [0.5, 0.6) is 0 Å². The summed E-state index contributed by atoms with van der Waals surface area (Å²) in [5.41, 5.74) is 5.18. The van der Waals surface area contributed by atoms with Crippen LogP contribution in [-0.4, -0.2) is 16.1 Å². The molecule has 0 aliphatic heterocycles. The number of nitrogens with zero attached hydrogens (tertiary/aromatic N) is 3. The smallest absolute Gasteiger partial charge is 0.382 e. The van der Waals surface area contributed by atoms with Crippen molar-refractivity contribution in [3.8, 4) is 6.07 Å². The summed E-state index contributed by atoms with van der Waals surface area (Å²) >= 11 is 0. The second-order valence-corrected chi connectivity index (χ2v) is 2.49. The van der Waals surface area contributed by atoms with E-state index >= 15 is 0 Å². The molecular formula is C7H5F3N4. The quantitative estimate of drug-likeness (QED) is 0.738. The predicted molar refractivity (Wildman–Crippen MR) is 40.9 cm³/mol. The average molecular weight is 202 g/mol. The molecule has 1 rings (SSSR count). The van der Waals surface area contributed by atoms with Crippen LogP contribution in [-0.2, 0) is 6.42 Å². The largest absolute Gasteiger partial charge is 0.396 e. The molecule has 2 N–H and O–H groups in total. The molecule has 14 heavy (non-hydrogen) atoms. The van der Waals surface area contributed by atoms with Gasteiger partial charge in [0.15, 0.2) is 0 Å². The van der Waals surface area contributed by atoms with Gasteiger partial charge < -0.3 is 5.73 Å². The van der Waals surface area contributed by atoms with Crippen molar-refractivity contribution in [3.05, 3.63) is 17.6 Å². The molecule has 0 bridgehead atoms. The lowest BCUT2D eigenvalue weighted by Gasteiger charge is -2.05. The van der Waals surface area contributed by atoms with Crippen LogP contribution >= 0.6 is 0 Å². The van der Waals surface area contributed by atoms with E-state index in [0.717, 1.165) is 6.20 Å². The van der Waals surface area contributed by atoms with Crippen molar-refractivity contribution in [1.29, 1.82) is 5.26 Å². The summed E-state index contributed by atoms with van der Waals surface area (Å²) in [6.07, 6.45) is -4.65. The molecule has 0 amide bonds. The zero-order valence-corrected chi connectivity index (χ0v) is 6.84. The number of rotatable bonds is 1. The molecule has 0 aliphatic carbocycles.